The Hall–Kier alpha value is -2.58. The number of nitrogens with zero attached hydrogens (tertiary/aromatic N) is 1. The molecule has 0 bridgehead atoms. The van der Waals surface area contributed by atoms with Gasteiger partial charge in [0.05, 0.1) is 5.56 Å². The third-order valence-corrected chi connectivity index (χ3v) is 3.96. The van der Waals surface area contributed by atoms with Gasteiger partial charge in [0.25, 0.3) is 5.91 Å². The molecule has 1 unspecified atom stereocenters. The molecule has 0 saturated carbocycles. The lowest BCUT2D eigenvalue weighted by Crippen LogP contribution is -2.45. The molecule has 1 saturated heterocycles. The van der Waals surface area contributed by atoms with Gasteiger partial charge in [-0.3, -0.25) is 14.5 Å². The number of carbonyl (C=O) groups excluding carboxylic acids is 3. The van der Waals surface area contributed by atoms with Crippen LogP contribution in [-0.2, 0) is 15.8 Å². The second-order valence-electron chi connectivity index (χ2n) is 6.87. The van der Waals surface area contributed by atoms with E-state index in [9.17, 15) is 27.6 Å². The third kappa shape index (κ3) is 4.33. The standard InChI is InChI=1S/C17H20F3N3O3/c1-10(2)8-16(3)14(25)23(15(26)22-16)9-13(24)21-12-6-4-11(5-7-12)17(18,19)20/h4-7,10H,8-9H2,1-3H3,(H,21,24)(H,22,26). The van der Waals surface area contributed by atoms with Gasteiger partial charge in [0, 0.05) is 5.69 Å². The van der Waals surface area contributed by atoms with Crippen molar-refractivity contribution >= 4 is 23.5 Å². The predicted octanol–water partition coefficient (Wildman–Crippen LogP) is 3.00. The fourth-order valence-electron chi connectivity index (χ4n) is 2.93. The molecule has 4 amide bonds. The average Bonchev–Trinajstić information content (AvgIpc) is 2.69. The fraction of sp³-hybridized carbons (Fsp3) is 0.471. The van der Waals surface area contributed by atoms with Crippen molar-refractivity contribution in [1.82, 2.24) is 10.2 Å². The van der Waals surface area contributed by atoms with Crippen molar-refractivity contribution in [2.45, 2.75) is 38.9 Å². The molecule has 2 rings (SSSR count). The van der Waals surface area contributed by atoms with E-state index in [2.05, 4.69) is 10.6 Å². The SMILES string of the molecule is CC(C)CC1(C)NC(=O)N(CC(=O)Nc2ccc(C(F)(F)F)cc2)C1=O. The van der Waals surface area contributed by atoms with Gasteiger partial charge in [-0.2, -0.15) is 13.2 Å². The van der Waals surface area contributed by atoms with E-state index in [1.54, 1.807) is 6.92 Å². The topological polar surface area (TPSA) is 78.5 Å². The molecule has 9 heteroatoms. The van der Waals surface area contributed by atoms with Crippen LogP contribution in [0.2, 0.25) is 0 Å². The first-order valence-corrected chi connectivity index (χ1v) is 8.03. The molecule has 1 atom stereocenters. The molecule has 2 N–H and O–H groups in total. The summed E-state index contributed by atoms with van der Waals surface area (Å²) in [6.07, 6.45) is -4.04. The number of halogens is 3. The molecular weight excluding hydrogens is 351 g/mol. The van der Waals surface area contributed by atoms with Crippen molar-refractivity contribution in [2.24, 2.45) is 5.92 Å². The molecule has 6 nitrogen and oxygen atoms in total. The van der Waals surface area contributed by atoms with Crippen LogP contribution in [0.15, 0.2) is 24.3 Å². The number of urea groups is 1. The van der Waals surface area contributed by atoms with Crippen molar-refractivity contribution < 1.29 is 27.6 Å². The smallest absolute Gasteiger partial charge is 0.325 e. The Kier molecular flexibility index (Phi) is 5.29. The zero-order valence-electron chi connectivity index (χ0n) is 14.6. The van der Waals surface area contributed by atoms with Gasteiger partial charge in [0.15, 0.2) is 0 Å². The fourth-order valence-corrected chi connectivity index (χ4v) is 2.93. The average molecular weight is 371 g/mol. The van der Waals surface area contributed by atoms with Crippen LogP contribution < -0.4 is 10.6 Å². The lowest BCUT2D eigenvalue weighted by molar-refractivity contribution is -0.137. The van der Waals surface area contributed by atoms with Crippen LogP contribution in [0.3, 0.4) is 0 Å². The van der Waals surface area contributed by atoms with E-state index in [4.69, 9.17) is 0 Å². The predicted molar refractivity (Wildman–Crippen MR) is 88.2 cm³/mol. The highest BCUT2D eigenvalue weighted by atomic mass is 19.4. The molecule has 142 valence electrons. The van der Waals surface area contributed by atoms with E-state index in [0.29, 0.717) is 6.42 Å². The maximum Gasteiger partial charge on any atom is 0.416 e. The number of anilines is 1. The van der Waals surface area contributed by atoms with Gasteiger partial charge in [0.2, 0.25) is 5.91 Å². The maximum absolute atomic E-state index is 12.5. The Labute approximate surface area is 148 Å². The first-order valence-electron chi connectivity index (χ1n) is 8.03. The highest BCUT2D eigenvalue weighted by molar-refractivity contribution is 6.09. The highest BCUT2D eigenvalue weighted by Gasteiger charge is 2.48. The Balaban J connectivity index is 2.01. The summed E-state index contributed by atoms with van der Waals surface area (Å²) in [5.74, 6) is -1.02. The Morgan fingerprint density at radius 1 is 1.23 bits per heavy atom. The van der Waals surface area contributed by atoms with Gasteiger partial charge in [-0.1, -0.05) is 13.8 Å². The molecule has 0 spiro atoms. The van der Waals surface area contributed by atoms with Gasteiger partial charge < -0.3 is 10.6 Å². The van der Waals surface area contributed by atoms with Crippen LogP contribution >= 0.6 is 0 Å². The number of alkyl halides is 3. The number of rotatable bonds is 5. The monoisotopic (exact) mass is 371 g/mol. The van der Waals surface area contributed by atoms with Crippen LogP contribution in [0.1, 0.15) is 32.8 Å². The number of imide groups is 1. The quantitative estimate of drug-likeness (QED) is 0.781. The lowest BCUT2D eigenvalue weighted by Gasteiger charge is -2.23. The molecule has 1 fully saturated rings. The minimum Gasteiger partial charge on any atom is -0.325 e. The van der Waals surface area contributed by atoms with Crippen LogP contribution in [-0.4, -0.2) is 34.8 Å². The van der Waals surface area contributed by atoms with E-state index in [1.165, 1.54) is 0 Å². The van der Waals surface area contributed by atoms with Gasteiger partial charge in [-0.05, 0) is 43.5 Å². The summed E-state index contributed by atoms with van der Waals surface area (Å²) in [5, 5.41) is 4.96. The second-order valence-corrected chi connectivity index (χ2v) is 6.87. The largest absolute Gasteiger partial charge is 0.416 e. The molecule has 1 heterocycles. The zero-order valence-corrected chi connectivity index (χ0v) is 14.6. The van der Waals surface area contributed by atoms with E-state index in [0.717, 1.165) is 29.2 Å². The number of benzene rings is 1. The summed E-state index contributed by atoms with van der Waals surface area (Å²) < 4.78 is 37.6. The molecular formula is C17H20F3N3O3. The summed E-state index contributed by atoms with van der Waals surface area (Å²) in [6.45, 7) is 4.90. The number of nitrogens with one attached hydrogen (secondary N) is 2. The summed E-state index contributed by atoms with van der Waals surface area (Å²) in [4.78, 5) is 37.3. The summed E-state index contributed by atoms with van der Waals surface area (Å²) in [5.41, 5.74) is -1.77. The number of amides is 4. The van der Waals surface area contributed by atoms with Crippen molar-refractivity contribution in [1.29, 1.82) is 0 Å². The van der Waals surface area contributed by atoms with Crippen LogP contribution in [0.4, 0.5) is 23.7 Å². The van der Waals surface area contributed by atoms with E-state index in [1.807, 2.05) is 13.8 Å². The van der Waals surface area contributed by atoms with Crippen LogP contribution in [0.25, 0.3) is 0 Å². The Bertz CT molecular complexity index is 716. The van der Waals surface area contributed by atoms with Crippen molar-refractivity contribution in [3.05, 3.63) is 29.8 Å². The molecule has 1 aromatic carbocycles. The summed E-state index contributed by atoms with van der Waals surface area (Å²) >= 11 is 0. The molecule has 0 aromatic heterocycles. The molecule has 0 radical (unpaired) electrons. The molecule has 1 aliphatic heterocycles. The normalized spacial score (nSPS) is 20.5. The highest BCUT2D eigenvalue weighted by Crippen LogP contribution is 2.30. The van der Waals surface area contributed by atoms with Crippen LogP contribution in [0.5, 0.6) is 0 Å². The Morgan fingerprint density at radius 2 is 1.81 bits per heavy atom. The molecule has 0 aliphatic carbocycles. The third-order valence-electron chi connectivity index (χ3n) is 3.96. The van der Waals surface area contributed by atoms with E-state index < -0.39 is 41.7 Å². The Morgan fingerprint density at radius 3 is 2.31 bits per heavy atom. The van der Waals surface area contributed by atoms with E-state index >= 15 is 0 Å². The van der Waals surface area contributed by atoms with Crippen LogP contribution in [0, 0.1) is 5.92 Å². The molecule has 26 heavy (non-hydrogen) atoms. The minimum atomic E-state index is -4.47. The minimum absolute atomic E-state index is 0.139. The van der Waals surface area contributed by atoms with Gasteiger partial charge >= 0.3 is 12.2 Å². The number of carbonyl (C=O) groups is 3. The summed E-state index contributed by atoms with van der Waals surface area (Å²) in [7, 11) is 0. The van der Waals surface area contributed by atoms with Crippen molar-refractivity contribution in [3.63, 3.8) is 0 Å². The summed E-state index contributed by atoms with van der Waals surface area (Å²) in [6, 6.07) is 3.22. The van der Waals surface area contributed by atoms with Gasteiger partial charge in [-0.15, -0.1) is 0 Å². The zero-order chi connectivity index (χ0) is 19.7. The number of hydrogen-bond acceptors (Lipinski definition) is 3. The van der Waals surface area contributed by atoms with Gasteiger partial charge in [-0.25, -0.2) is 4.79 Å². The number of hydrogen-bond donors (Lipinski definition) is 2. The lowest BCUT2D eigenvalue weighted by atomic mass is 9.91. The van der Waals surface area contributed by atoms with Gasteiger partial charge in [0.1, 0.15) is 12.1 Å². The second kappa shape index (κ2) is 6.97. The first kappa shape index (κ1) is 19.7. The van der Waals surface area contributed by atoms with Crippen molar-refractivity contribution in [3.8, 4) is 0 Å². The van der Waals surface area contributed by atoms with Crippen molar-refractivity contribution in [2.75, 3.05) is 11.9 Å². The molecule has 1 aromatic rings. The first-order chi connectivity index (χ1) is 11.9. The van der Waals surface area contributed by atoms with E-state index in [-0.39, 0.29) is 11.6 Å². The molecule has 1 aliphatic rings. The maximum atomic E-state index is 12.5.